The molecule has 0 N–H and O–H groups in total. The first-order chi connectivity index (χ1) is 12.0. The number of nitro benzene ring substituents is 1. The molecule has 0 aliphatic rings. The van der Waals surface area contributed by atoms with Gasteiger partial charge in [0.2, 0.25) is 0 Å². The Morgan fingerprint density at radius 2 is 2.00 bits per heavy atom. The Balaban J connectivity index is 2.77. The highest BCUT2D eigenvalue weighted by molar-refractivity contribution is 6.30. The van der Waals surface area contributed by atoms with Crippen LogP contribution in [0, 0.1) is 10.1 Å². The summed E-state index contributed by atoms with van der Waals surface area (Å²) in [6, 6.07) is 4.23. The number of benzene rings is 1. The van der Waals surface area contributed by atoms with Gasteiger partial charge in [-0.05, 0) is 33.3 Å². The Labute approximate surface area is 159 Å². The number of nitrogens with zero attached hydrogens (tertiary/aromatic N) is 2. The molecule has 8 heteroatoms. The summed E-state index contributed by atoms with van der Waals surface area (Å²) in [7, 11) is 1.65. The third-order valence-electron chi connectivity index (χ3n) is 3.51. The fraction of sp³-hybridized carbons (Fsp3) is 0.611. The molecule has 26 heavy (non-hydrogen) atoms. The van der Waals surface area contributed by atoms with Crippen LogP contribution >= 0.6 is 11.6 Å². The molecule has 0 fully saturated rings. The van der Waals surface area contributed by atoms with Crippen molar-refractivity contribution in [3.63, 3.8) is 0 Å². The molecule has 0 aliphatic heterocycles. The lowest BCUT2D eigenvalue weighted by atomic mass is 10.1. The predicted octanol–water partition coefficient (Wildman–Crippen LogP) is 5.05. The Morgan fingerprint density at radius 3 is 2.54 bits per heavy atom. The van der Waals surface area contributed by atoms with E-state index < -0.39 is 16.6 Å². The molecule has 146 valence electrons. The van der Waals surface area contributed by atoms with E-state index in [1.54, 1.807) is 27.8 Å². The summed E-state index contributed by atoms with van der Waals surface area (Å²) in [5.41, 5.74) is -0.692. The van der Waals surface area contributed by atoms with E-state index in [1.807, 2.05) is 6.92 Å². The van der Waals surface area contributed by atoms with Crippen LogP contribution in [0.15, 0.2) is 18.2 Å². The van der Waals surface area contributed by atoms with Crippen molar-refractivity contribution >= 4 is 23.4 Å². The lowest BCUT2D eigenvalue weighted by Gasteiger charge is -2.26. The van der Waals surface area contributed by atoms with Gasteiger partial charge in [-0.25, -0.2) is 4.79 Å². The number of hydrogen-bond acceptors (Lipinski definition) is 5. The second kappa shape index (κ2) is 9.62. The highest BCUT2D eigenvalue weighted by atomic mass is 35.5. The van der Waals surface area contributed by atoms with Crippen molar-refractivity contribution in [3.05, 3.63) is 33.3 Å². The first kappa shape index (κ1) is 22.0. The number of ether oxygens (including phenoxy) is 2. The van der Waals surface area contributed by atoms with Gasteiger partial charge in [0.05, 0.1) is 4.92 Å². The zero-order valence-corrected chi connectivity index (χ0v) is 16.7. The summed E-state index contributed by atoms with van der Waals surface area (Å²) in [5, 5.41) is 11.5. The van der Waals surface area contributed by atoms with Gasteiger partial charge in [-0.1, -0.05) is 24.9 Å². The average molecular weight is 387 g/mol. The van der Waals surface area contributed by atoms with Crippen LogP contribution in [-0.4, -0.2) is 41.2 Å². The van der Waals surface area contributed by atoms with Gasteiger partial charge in [-0.3, -0.25) is 10.1 Å². The maximum Gasteiger partial charge on any atom is 0.410 e. The first-order valence-electron chi connectivity index (χ1n) is 8.58. The van der Waals surface area contributed by atoms with Crippen LogP contribution in [0.3, 0.4) is 0 Å². The fourth-order valence-corrected chi connectivity index (χ4v) is 2.43. The van der Waals surface area contributed by atoms with E-state index in [0.717, 1.165) is 6.42 Å². The summed E-state index contributed by atoms with van der Waals surface area (Å²) in [5.74, 6) is 0.140. The normalized spacial score (nSPS) is 12.4. The molecular formula is C18H27ClN2O5. The van der Waals surface area contributed by atoms with Crippen molar-refractivity contribution in [1.82, 2.24) is 4.90 Å². The van der Waals surface area contributed by atoms with Gasteiger partial charge in [0, 0.05) is 37.2 Å². The van der Waals surface area contributed by atoms with Crippen molar-refractivity contribution in [2.75, 3.05) is 13.6 Å². The minimum absolute atomic E-state index is 0.129. The molecule has 1 rings (SSSR count). The van der Waals surface area contributed by atoms with Gasteiger partial charge in [0.1, 0.15) is 11.7 Å². The molecule has 1 unspecified atom stereocenters. The van der Waals surface area contributed by atoms with Crippen molar-refractivity contribution in [2.45, 2.75) is 58.7 Å². The molecule has 1 aromatic carbocycles. The second-order valence-electron chi connectivity index (χ2n) is 7.09. The number of carbonyl (C=O) groups excluding carboxylic acids is 1. The highest BCUT2D eigenvalue weighted by Crippen LogP contribution is 2.31. The molecule has 0 saturated heterocycles. The van der Waals surface area contributed by atoms with Gasteiger partial charge in [-0.15, -0.1) is 0 Å². The summed E-state index contributed by atoms with van der Waals surface area (Å²) < 4.78 is 11.2. The van der Waals surface area contributed by atoms with Gasteiger partial charge in [-0.2, -0.15) is 0 Å². The molecule has 0 aliphatic carbocycles. The summed E-state index contributed by atoms with van der Waals surface area (Å²) in [4.78, 5) is 24.2. The van der Waals surface area contributed by atoms with E-state index in [4.69, 9.17) is 21.1 Å². The number of rotatable bonds is 8. The topological polar surface area (TPSA) is 81.9 Å². The van der Waals surface area contributed by atoms with Crippen LogP contribution in [0.2, 0.25) is 5.02 Å². The third kappa shape index (κ3) is 7.47. The zero-order chi connectivity index (χ0) is 19.9. The number of carbonyl (C=O) groups is 1. The largest absolute Gasteiger partial charge is 0.483 e. The van der Waals surface area contributed by atoms with E-state index in [1.165, 1.54) is 23.1 Å². The zero-order valence-electron chi connectivity index (χ0n) is 16.0. The molecule has 0 bridgehead atoms. The quantitative estimate of drug-likeness (QED) is 0.461. The second-order valence-corrected chi connectivity index (χ2v) is 7.52. The van der Waals surface area contributed by atoms with Crippen LogP contribution in [-0.2, 0) is 4.74 Å². The first-order valence-corrected chi connectivity index (χ1v) is 8.96. The summed E-state index contributed by atoms with van der Waals surface area (Å²) >= 11 is 5.94. The van der Waals surface area contributed by atoms with E-state index in [-0.39, 0.29) is 17.5 Å². The van der Waals surface area contributed by atoms with Crippen molar-refractivity contribution in [1.29, 1.82) is 0 Å². The third-order valence-corrected chi connectivity index (χ3v) is 3.75. The molecule has 0 aromatic heterocycles. The van der Waals surface area contributed by atoms with E-state index in [2.05, 4.69) is 0 Å². The lowest BCUT2D eigenvalue weighted by molar-refractivity contribution is -0.386. The Bertz CT molecular complexity index is 630. The Morgan fingerprint density at radius 1 is 1.35 bits per heavy atom. The van der Waals surface area contributed by atoms with Crippen molar-refractivity contribution in [2.24, 2.45) is 0 Å². The van der Waals surface area contributed by atoms with Crippen molar-refractivity contribution in [3.8, 4) is 5.75 Å². The van der Waals surface area contributed by atoms with E-state index >= 15 is 0 Å². The lowest BCUT2D eigenvalue weighted by Crippen LogP contribution is -2.36. The van der Waals surface area contributed by atoms with Gasteiger partial charge < -0.3 is 14.4 Å². The molecule has 0 spiro atoms. The van der Waals surface area contributed by atoms with Crippen LogP contribution in [0.5, 0.6) is 5.75 Å². The predicted molar refractivity (Wildman–Crippen MR) is 101 cm³/mol. The van der Waals surface area contributed by atoms with E-state index in [9.17, 15) is 14.9 Å². The number of hydrogen-bond donors (Lipinski definition) is 0. The molecule has 0 heterocycles. The summed E-state index contributed by atoms with van der Waals surface area (Å²) in [6.45, 7) is 7.83. The van der Waals surface area contributed by atoms with Crippen LogP contribution in [0.1, 0.15) is 47.0 Å². The van der Waals surface area contributed by atoms with Crippen LogP contribution in [0.25, 0.3) is 0 Å². The maximum absolute atomic E-state index is 12.0. The molecule has 1 aromatic rings. The fourth-order valence-electron chi connectivity index (χ4n) is 2.27. The van der Waals surface area contributed by atoms with E-state index in [0.29, 0.717) is 24.4 Å². The van der Waals surface area contributed by atoms with Gasteiger partial charge in [0.15, 0.2) is 5.75 Å². The molecule has 7 nitrogen and oxygen atoms in total. The smallest absolute Gasteiger partial charge is 0.410 e. The molecule has 0 radical (unpaired) electrons. The molecule has 1 atom stereocenters. The molecular weight excluding hydrogens is 360 g/mol. The minimum Gasteiger partial charge on any atom is -0.483 e. The molecule has 0 saturated carbocycles. The number of nitro groups is 1. The average Bonchev–Trinajstić information content (AvgIpc) is 2.50. The van der Waals surface area contributed by atoms with Crippen LogP contribution < -0.4 is 4.74 Å². The monoisotopic (exact) mass is 386 g/mol. The van der Waals surface area contributed by atoms with Crippen LogP contribution in [0.4, 0.5) is 10.5 Å². The number of amides is 1. The maximum atomic E-state index is 12.0. The van der Waals surface area contributed by atoms with Gasteiger partial charge in [0.25, 0.3) is 0 Å². The highest BCUT2D eigenvalue weighted by Gasteiger charge is 2.22. The Hall–Kier alpha value is -2.02. The number of halogens is 1. The van der Waals surface area contributed by atoms with Gasteiger partial charge >= 0.3 is 11.8 Å². The summed E-state index contributed by atoms with van der Waals surface area (Å²) in [6.07, 6.45) is 1.37. The standard InChI is InChI=1S/C18H27ClN2O5/c1-6-7-14(10-11-20(5)17(22)26-18(2,3)4)25-16-12-13(19)8-9-15(16)21(23)24/h8-9,12,14H,6-7,10-11H2,1-5H3. The minimum atomic E-state index is -0.563. The SMILES string of the molecule is CCCC(CCN(C)C(=O)OC(C)(C)C)Oc1cc(Cl)ccc1[N+](=O)[O-]. The van der Waals surface area contributed by atoms with Crippen molar-refractivity contribution < 1.29 is 19.2 Å². The molecule has 1 amide bonds. The Kier molecular flexibility index (Phi) is 8.14.